The molecule has 0 radical (unpaired) electrons. The molecule has 1 saturated carbocycles. The van der Waals surface area contributed by atoms with E-state index in [1.807, 2.05) is 17.0 Å². The minimum Gasteiger partial charge on any atom is -0.491 e. The maximum absolute atomic E-state index is 13.9. The molecule has 1 aliphatic carbocycles. The van der Waals surface area contributed by atoms with Gasteiger partial charge in [-0.1, -0.05) is 11.3 Å². The van der Waals surface area contributed by atoms with E-state index in [1.54, 1.807) is 20.4 Å². The zero-order valence-electron chi connectivity index (χ0n) is 20.7. The molecule has 2 heterocycles. The van der Waals surface area contributed by atoms with Crippen LogP contribution in [0.2, 0.25) is 0 Å². The summed E-state index contributed by atoms with van der Waals surface area (Å²) in [5.74, 6) is 0.0784. The first-order valence-electron chi connectivity index (χ1n) is 12.4. The van der Waals surface area contributed by atoms with Crippen molar-refractivity contribution >= 4 is 5.91 Å². The number of hydrogen-bond donors (Lipinski definition) is 3. The van der Waals surface area contributed by atoms with Gasteiger partial charge in [-0.2, -0.15) is 0 Å². The molecule has 2 atom stereocenters. The molecule has 1 amide bonds. The second-order valence-electron chi connectivity index (χ2n) is 9.41. The molecule has 35 heavy (non-hydrogen) atoms. The van der Waals surface area contributed by atoms with Crippen LogP contribution in [0.5, 0.6) is 5.75 Å². The van der Waals surface area contributed by atoms with E-state index in [9.17, 15) is 9.90 Å². The molecule has 2 aromatic rings. The molecule has 1 saturated heterocycles. The molecule has 1 aromatic carbocycles. The second kappa shape index (κ2) is 11.9. The van der Waals surface area contributed by atoms with Crippen molar-refractivity contribution in [3.8, 4) is 5.75 Å². The average Bonchev–Trinajstić information content (AvgIpc) is 3.54. The Morgan fingerprint density at radius 3 is 2.69 bits per heavy atom. The Morgan fingerprint density at radius 1 is 1.17 bits per heavy atom. The molecule has 10 nitrogen and oxygen atoms in total. The fourth-order valence-electron chi connectivity index (χ4n) is 4.76. The number of amides is 1. The molecule has 1 aromatic heterocycles. The predicted molar refractivity (Wildman–Crippen MR) is 129 cm³/mol. The highest BCUT2D eigenvalue weighted by Gasteiger charge is 2.49. The highest BCUT2D eigenvalue weighted by Crippen LogP contribution is 2.38. The smallest absolute Gasteiger partial charge is 0.230 e. The number of aromatic nitrogens is 3. The fraction of sp³-hybridized carbons (Fsp3) is 0.640. The van der Waals surface area contributed by atoms with Crippen LogP contribution in [-0.4, -0.2) is 84.5 Å². The normalized spacial score (nSPS) is 22.2. The van der Waals surface area contributed by atoms with Gasteiger partial charge in [0.2, 0.25) is 5.91 Å². The third-order valence-corrected chi connectivity index (χ3v) is 6.79. The maximum atomic E-state index is 13.9. The topological polar surface area (TPSA) is 122 Å². The van der Waals surface area contributed by atoms with Crippen LogP contribution in [0.4, 0.5) is 0 Å². The van der Waals surface area contributed by atoms with Crippen LogP contribution in [0.3, 0.4) is 0 Å². The minimum atomic E-state index is -1.35. The molecule has 3 N–H and O–H groups in total. The molecule has 1 aliphatic heterocycles. The SMILES string of the molecule is COCCCc1cc(CN(C(=O)[C@H]2CNCC[C@]2(O)c2c[nH]nn2)C2CC2)cc(OCCOC)c1. The van der Waals surface area contributed by atoms with Crippen molar-refractivity contribution < 1.29 is 24.1 Å². The maximum Gasteiger partial charge on any atom is 0.230 e. The first-order chi connectivity index (χ1) is 17.0. The molecular weight excluding hydrogens is 450 g/mol. The van der Waals surface area contributed by atoms with E-state index in [0.717, 1.165) is 42.6 Å². The molecule has 4 rings (SSSR count). The van der Waals surface area contributed by atoms with Gasteiger partial charge in [0.1, 0.15) is 23.7 Å². The summed E-state index contributed by atoms with van der Waals surface area (Å²) in [4.78, 5) is 15.8. The number of benzene rings is 1. The second-order valence-corrected chi connectivity index (χ2v) is 9.41. The van der Waals surface area contributed by atoms with Crippen molar-refractivity contribution in [1.82, 2.24) is 25.6 Å². The number of piperidine rings is 1. The molecule has 2 aliphatic rings. The van der Waals surface area contributed by atoms with Gasteiger partial charge in [-0.05, 0) is 61.9 Å². The standard InChI is InChI=1S/C25H37N5O5/c1-33-9-3-4-18-12-19(14-21(13-18)35-11-10-34-2)17-30(20-5-6-20)24(31)22-15-26-8-7-25(22,32)23-16-27-29-28-23/h12-14,16,20,22,26,32H,3-11,15,17H2,1-2H3,(H,27,28,29)/t22-,25-/m1/s1. The van der Waals surface area contributed by atoms with Crippen LogP contribution in [0, 0.1) is 5.92 Å². The van der Waals surface area contributed by atoms with E-state index in [4.69, 9.17) is 14.2 Å². The summed E-state index contributed by atoms with van der Waals surface area (Å²) in [6.07, 6.45) is 5.69. The van der Waals surface area contributed by atoms with E-state index < -0.39 is 11.5 Å². The van der Waals surface area contributed by atoms with Gasteiger partial charge < -0.3 is 29.5 Å². The summed E-state index contributed by atoms with van der Waals surface area (Å²) in [6, 6.07) is 6.37. The predicted octanol–water partition coefficient (Wildman–Crippen LogP) is 1.40. The number of hydrogen-bond acceptors (Lipinski definition) is 8. The van der Waals surface area contributed by atoms with Gasteiger partial charge >= 0.3 is 0 Å². The van der Waals surface area contributed by atoms with E-state index in [1.165, 1.54) is 0 Å². The fourth-order valence-corrected chi connectivity index (χ4v) is 4.76. The summed E-state index contributed by atoms with van der Waals surface area (Å²) in [5.41, 5.74) is 1.23. The lowest BCUT2D eigenvalue weighted by atomic mass is 9.78. The van der Waals surface area contributed by atoms with Crippen LogP contribution >= 0.6 is 0 Å². The van der Waals surface area contributed by atoms with Crippen molar-refractivity contribution in [3.05, 3.63) is 41.2 Å². The molecule has 0 bridgehead atoms. The van der Waals surface area contributed by atoms with Gasteiger partial charge in [0.15, 0.2) is 0 Å². The molecule has 2 fully saturated rings. The van der Waals surface area contributed by atoms with Gasteiger partial charge in [-0.3, -0.25) is 9.89 Å². The van der Waals surface area contributed by atoms with Crippen molar-refractivity contribution in [2.24, 2.45) is 5.92 Å². The lowest BCUT2D eigenvalue weighted by Crippen LogP contribution is -2.55. The van der Waals surface area contributed by atoms with Gasteiger partial charge in [0.05, 0.1) is 12.5 Å². The first-order valence-corrected chi connectivity index (χ1v) is 12.4. The lowest BCUT2D eigenvalue weighted by Gasteiger charge is -2.40. The summed E-state index contributed by atoms with van der Waals surface area (Å²) in [5, 5.41) is 25.3. The zero-order chi connectivity index (χ0) is 24.7. The Balaban J connectivity index is 1.55. The monoisotopic (exact) mass is 487 g/mol. The van der Waals surface area contributed by atoms with E-state index in [-0.39, 0.29) is 11.9 Å². The molecule has 0 unspecified atom stereocenters. The number of carbonyl (C=O) groups excluding carboxylic acids is 1. The zero-order valence-corrected chi connectivity index (χ0v) is 20.7. The van der Waals surface area contributed by atoms with Gasteiger partial charge in [0, 0.05) is 46.2 Å². The third-order valence-electron chi connectivity index (χ3n) is 6.79. The van der Waals surface area contributed by atoms with Crippen molar-refractivity contribution in [3.63, 3.8) is 0 Å². The third kappa shape index (κ3) is 6.38. The Morgan fingerprint density at radius 2 is 1.97 bits per heavy atom. The number of methoxy groups -OCH3 is 2. The molecular formula is C25H37N5O5. The highest BCUT2D eigenvalue weighted by atomic mass is 16.5. The quantitative estimate of drug-likeness (QED) is 0.363. The van der Waals surface area contributed by atoms with E-state index >= 15 is 0 Å². The number of nitrogens with one attached hydrogen (secondary N) is 2. The van der Waals surface area contributed by atoms with Crippen molar-refractivity contribution in [1.29, 1.82) is 0 Å². The highest BCUT2D eigenvalue weighted by molar-refractivity contribution is 5.81. The van der Waals surface area contributed by atoms with Gasteiger partial charge in [-0.15, -0.1) is 5.10 Å². The Labute approximate surface area is 206 Å². The van der Waals surface area contributed by atoms with Gasteiger partial charge in [0.25, 0.3) is 0 Å². The lowest BCUT2D eigenvalue weighted by molar-refractivity contribution is -0.151. The Hall–Kier alpha value is -2.53. The van der Waals surface area contributed by atoms with E-state index in [0.29, 0.717) is 51.6 Å². The number of aryl methyl sites for hydroxylation is 1. The first kappa shape index (κ1) is 25.6. The number of aromatic amines is 1. The largest absolute Gasteiger partial charge is 0.491 e. The van der Waals surface area contributed by atoms with Crippen LogP contribution < -0.4 is 10.1 Å². The summed E-state index contributed by atoms with van der Waals surface area (Å²) >= 11 is 0. The number of carbonyl (C=O) groups is 1. The summed E-state index contributed by atoms with van der Waals surface area (Å²) in [7, 11) is 3.35. The Bertz CT molecular complexity index is 923. The number of H-pyrrole nitrogens is 1. The Kier molecular flexibility index (Phi) is 8.72. The minimum absolute atomic E-state index is 0.0585. The van der Waals surface area contributed by atoms with Crippen LogP contribution in [0.25, 0.3) is 0 Å². The number of rotatable bonds is 13. The summed E-state index contributed by atoms with van der Waals surface area (Å²) < 4.78 is 16.3. The van der Waals surface area contributed by atoms with Gasteiger partial charge in [-0.25, -0.2) is 0 Å². The summed E-state index contributed by atoms with van der Waals surface area (Å²) in [6.45, 7) is 3.13. The van der Waals surface area contributed by atoms with Crippen molar-refractivity contribution in [2.45, 2.75) is 50.3 Å². The van der Waals surface area contributed by atoms with Crippen LogP contribution in [-0.2, 0) is 32.8 Å². The average molecular weight is 488 g/mol. The van der Waals surface area contributed by atoms with Crippen LogP contribution in [0.1, 0.15) is 42.5 Å². The molecule has 0 spiro atoms. The molecule has 192 valence electrons. The van der Waals surface area contributed by atoms with Crippen LogP contribution in [0.15, 0.2) is 24.4 Å². The van der Waals surface area contributed by atoms with E-state index in [2.05, 4.69) is 26.8 Å². The molecule has 10 heteroatoms. The number of aliphatic hydroxyl groups is 1. The van der Waals surface area contributed by atoms with Crippen molar-refractivity contribution in [2.75, 3.05) is 47.1 Å². The number of nitrogens with zero attached hydrogens (tertiary/aromatic N) is 3. The number of ether oxygens (including phenoxy) is 3.